The standard InChI is InChI=1S/C12H26BO6/c1-11(5-16-9-14-3)7-18-13-19-8-12(2)6-17-10-15-4/h11-12H,5-10H2,1-4H3. The lowest BCUT2D eigenvalue weighted by atomic mass is 10.2. The van der Waals surface area contributed by atoms with Crippen molar-refractivity contribution in [1.29, 1.82) is 0 Å². The molecule has 0 aliphatic heterocycles. The molecule has 0 rings (SSSR count). The minimum atomic E-state index is 0.289. The molecule has 0 saturated carbocycles. The van der Waals surface area contributed by atoms with E-state index in [9.17, 15) is 0 Å². The number of hydrogen-bond acceptors (Lipinski definition) is 6. The summed E-state index contributed by atoms with van der Waals surface area (Å²) < 4.78 is 30.5. The molecule has 0 aromatic carbocycles. The molecule has 0 fully saturated rings. The Hall–Kier alpha value is -0.175. The van der Waals surface area contributed by atoms with Gasteiger partial charge in [0.25, 0.3) is 0 Å². The van der Waals surface area contributed by atoms with E-state index in [1.54, 1.807) is 14.2 Å². The highest BCUT2D eigenvalue weighted by Gasteiger charge is 2.06. The van der Waals surface area contributed by atoms with Crippen molar-refractivity contribution in [3.05, 3.63) is 0 Å². The van der Waals surface area contributed by atoms with E-state index >= 15 is 0 Å². The summed E-state index contributed by atoms with van der Waals surface area (Å²) in [5, 5.41) is 0. The fraction of sp³-hybridized carbons (Fsp3) is 1.00. The summed E-state index contributed by atoms with van der Waals surface area (Å²) in [6, 6.07) is 0. The van der Waals surface area contributed by atoms with Crippen LogP contribution < -0.4 is 0 Å². The van der Waals surface area contributed by atoms with Gasteiger partial charge in [0.15, 0.2) is 0 Å². The van der Waals surface area contributed by atoms with Crippen LogP contribution in [0.1, 0.15) is 13.8 Å². The lowest BCUT2D eigenvalue weighted by Gasteiger charge is -2.13. The summed E-state index contributed by atoms with van der Waals surface area (Å²) >= 11 is 0. The van der Waals surface area contributed by atoms with E-state index in [0.29, 0.717) is 40.0 Å². The van der Waals surface area contributed by atoms with Gasteiger partial charge in [-0.05, 0) is 0 Å². The average Bonchev–Trinajstić information content (AvgIpc) is 2.39. The second-order valence-corrected chi connectivity index (χ2v) is 4.53. The molecule has 113 valence electrons. The Morgan fingerprint density at radius 3 is 1.53 bits per heavy atom. The second-order valence-electron chi connectivity index (χ2n) is 4.53. The molecule has 7 heteroatoms. The molecule has 0 spiro atoms. The van der Waals surface area contributed by atoms with Crippen LogP contribution in [0.2, 0.25) is 0 Å². The number of ether oxygens (including phenoxy) is 4. The van der Waals surface area contributed by atoms with Gasteiger partial charge in [0.2, 0.25) is 0 Å². The summed E-state index contributed by atoms with van der Waals surface area (Å²) in [6.07, 6.45) is 0. The van der Waals surface area contributed by atoms with E-state index in [0.717, 1.165) is 0 Å². The second kappa shape index (κ2) is 14.2. The highest BCUT2D eigenvalue weighted by molar-refractivity contribution is 6.17. The van der Waals surface area contributed by atoms with Crippen LogP contribution in [0.4, 0.5) is 0 Å². The third kappa shape index (κ3) is 14.0. The molecule has 2 atom stereocenters. The monoisotopic (exact) mass is 277 g/mol. The van der Waals surface area contributed by atoms with Gasteiger partial charge in [0, 0.05) is 39.3 Å². The summed E-state index contributed by atoms with van der Waals surface area (Å²) in [5.74, 6) is 0.579. The summed E-state index contributed by atoms with van der Waals surface area (Å²) in [6.45, 7) is 6.99. The Labute approximate surface area is 116 Å². The summed E-state index contributed by atoms with van der Waals surface area (Å²) in [7, 11) is 4.57. The maximum Gasteiger partial charge on any atom is 0.488 e. The maximum atomic E-state index is 5.27. The minimum Gasteiger partial charge on any atom is -0.413 e. The number of rotatable bonds is 14. The molecule has 0 heterocycles. The van der Waals surface area contributed by atoms with Crippen LogP contribution in [0, 0.1) is 11.8 Å². The average molecular weight is 277 g/mol. The Morgan fingerprint density at radius 1 is 0.737 bits per heavy atom. The Bertz CT molecular complexity index is 166. The van der Waals surface area contributed by atoms with Crippen molar-refractivity contribution < 1.29 is 28.3 Å². The van der Waals surface area contributed by atoms with Crippen LogP contribution in [0.3, 0.4) is 0 Å². The first kappa shape index (κ1) is 18.8. The first-order valence-electron chi connectivity index (χ1n) is 6.38. The van der Waals surface area contributed by atoms with Crippen LogP contribution in [-0.4, -0.2) is 61.9 Å². The minimum absolute atomic E-state index is 0.289. The van der Waals surface area contributed by atoms with Crippen molar-refractivity contribution in [3.63, 3.8) is 0 Å². The van der Waals surface area contributed by atoms with Crippen LogP contribution >= 0.6 is 0 Å². The molecule has 0 bridgehead atoms. The SMILES string of the molecule is COCOCC(C)CO[B]OCC(C)COCOC. The fourth-order valence-electron chi connectivity index (χ4n) is 1.22. The maximum absolute atomic E-state index is 5.27. The van der Waals surface area contributed by atoms with Gasteiger partial charge in [-0.15, -0.1) is 0 Å². The molecule has 2 unspecified atom stereocenters. The zero-order valence-electron chi connectivity index (χ0n) is 12.4. The smallest absolute Gasteiger partial charge is 0.413 e. The van der Waals surface area contributed by atoms with Crippen molar-refractivity contribution in [3.8, 4) is 0 Å². The molecule has 0 N–H and O–H groups in total. The van der Waals surface area contributed by atoms with Crippen LogP contribution in [-0.2, 0) is 28.3 Å². The van der Waals surface area contributed by atoms with Crippen LogP contribution in [0.15, 0.2) is 0 Å². The van der Waals surface area contributed by atoms with Gasteiger partial charge in [0.1, 0.15) is 13.6 Å². The van der Waals surface area contributed by atoms with Gasteiger partial charge in [-0.1, -0.05) is 13.8 Å². The zero-order valence-corrected chi connectivity index (χ0v) is 12.4. The third-order valence-corrected chi connectivity index (χ3v) is 2.10. The highest BCUT2D eigenvalue weighted by Crippen LogP contribution is 1.99. The molecular formula is C12H26BO6. The lowest BCUT2D eigenvalue weighted by molar-refractivity contribution is -0.0482. The van der Waals surface area contributed by atoms with E-state index in [-0.39, 0.29) is 11.8 Å². The Morgan fingerprint density at radius 2 is 1.16 bits per heavy atom. The third-order valence-electron chi connectivity index (χ3n) is 2.10. The Balaban J connectivity index is 3.24. The highest BCUT2D eigenvalue weighted by atomic mass is 16.7. The van der Waals surface area contributed by atoms with E-state index in [2.05, 4.69) is 0 Å². The zero-order chi connectivity index (χ0) is 14.3. The first-order chi connectivity index (χ1) is 9.20. The fourth-order valence-corrected chi connectivity index (χ4v) is 1.22. The molecule has 19 heavy (non-hydrogen) atoms. The lowest BCUT2D eigenvalue weighted by Crippen LogP contribution is -2.19. The van der Waals surface area contributed by atoms with Gasteiger partial charge in [-0.25, -0.2) is 0 Å². The number of methoxy groups -OCH3 is 2. The van der Waals surface area contributed by atoms with Gasteiger partial charge in [0.05, 0.1) is 13.2 Å². The molecular weight excluding hydrogens is 251 g/mol. The van der Waals surface area contributed by atoms with Crippen LogP contribution in [0.25, 0.3) is 0 Å². The summed E-state index contributed by atoms with van der Waals surface area (Å²) in [4.78, 5) is 0. The van der Waals surface area contributed by atoms with E-state index in [1.807, 2.05) is 13.8 Å². The summed E-state index contributed by atoms with van der Waals surface area (Å²) in [5.41, 5.74) is 0. The van der Waals surface area contributed by atoms with Crippen molar-refractivity contribution in [1.82, 2.24) is 0 Å². The van der Waals surface area contributed by atoms with Crippen LogP contribution in [0.5, 0.6) is 0 Å². The predicted molar refractivity (Wildman–Crippen MR) is 71.6 cm³/mol. The topological polar surface area (TPSA) is 55.4 Å². The van der Waals surface area contributed by atoms with E-state index in [1.165, 1.54) is 7.69 Å². The van der Waals surface area contributed by atoms with Crippen molar-refractivity contribution >= 4 is 7.69 Å². The molecule has 0 aromatic heterocycles. The number of hydrogen-bond donors (Lipinski definition) is 0. The molecule has 6 nitrogen and oxygen atoms in total. The van der Waals surface area contributed by atoms with Gasteiger partial charge in [-0.2, -0.15) is 0 Å². The molecule has 1 radical (unpaired) electrons. The first-order valence-corrected chi connectivity index (χ1v) is 6.38. The van der Waals surface area contributed by atoms with E-state index in [4.69, 9.17) is 28.3 Å². The van der Waals surface area contributed by atoms with Gasteiger partial charge in [-0.3, -0.25) is 0 Å². The normalized spacial score (nSPS) is 14.3. The van der Waals surface area contributed by atoms with Crippen molar-refractivity contribution in [2.75, 3.05) is 54.2 Å². The Kier molecular flexibility index (Phi) is 14.1. The quantitative estimate of drug-likeness (QED) is 0.269. The molecule has 0 aromatic rings. The largest absolute Gasteiger partial charge is 0.488 e. The molecule has 0 aliphatic rings. The van der Waals surface area contributed by atoms with E-state index < -0.39 is 0 Å². The predicted octanol–water partition coefficient (Wildman–Crippen LogP) is 1.07. The molecule has 0 aliphatic carbocycles. The van der Waals surface area contributed by atoms with Crippen molar-refractivity contribution in [2.45, 2.75) is 13.8 Å². The van der Waals surface area contributed by atoms with Gasteiger partial charge < -0.3 is 28.3 Å². The molecule has 0 saturated heterocycles. The van der Waals surface area contributed by atoms with Crippen molar-refractivity contribution in [2.24, 2.45) is 11.8 Å². The van der Waals surface area contributed by atoms with Gasteiger partial charge >= 0.3 is 7.69 Å². The molecule has 0 amide bonds.